The predicted octanol–water partition coefficient (Wildman–Crippen LogP) is 1.28. The van der Waals surface area contributed by atoms with E-state index in [-0.39, 0.29) is 36.3 Å². The van der Waals surface area contributed by atoms with Crippen LogP contribution in [0.25, 0.3) is 0 Å². The van der Waals surface area contributed by atoms with E-state index in [1.165, 1.54) is 6.07 Å². The van der Waals surface area contributed by atoms with Gasteiger partial charge in [-0.2, -0.15) is 0 Å². The van der Waals surface area contributed by atoms with Gasteiger partial charge in [0.15, 0.2) is 0 Å². The van der Waals surface area contributed by atoms with Gasteiger partial charge in [-0.05, 0) is 6.07 Å². The number of aromatic nitrogens is 1. The van der Waals surface area contributed by atoms with Gasteiger partial charge in [0.2, 0.25) is 5.56 Å². The zero-order valence-corrected chi connectivity index (χ0v) is 8.95. The Hall–Kier alpha value is -0.510. The van der Waals surface area contributed by atoms with Crippen LogP contribution in [0.1, 0.15) is 18.5 Å². The molecule has 5 heteroatoms. The summed E-state index contributed by atoms with van der Waals surface area (Å²) in [6.45, 7) is 2.53. The van der Waals surface area contributed by atoms with Gasteiger partial charge in [-0.15, -0.1) is 24.8 Å². The zero-order valence-electron chi connectivity index (χ0n) is 7.32. The van der Waals surface area contributed by atoms with Gasteiger partial charge >= 0.3 is 0 Å². The van der Waals surface area contributed by atoms with Crippen LogP contribution in [0.4, 0.5) is 0 Å². The van der Waals surface area contributed by atoms with Crippen LogP contribution in [0.2, 0.25) is 0 Å². The maximum Gasteiger partial charge on any atom is 0.248 e. The first kappa shape index (κ1) is 15.0. The van der Waals surface area contributed by atoms with Crippen molar-refractivity contribution in [1.29, 1.82) is 0 Å². The summed E-state index contributed by atoms with van der Waals surface area (Å²) in [7, 11) is 0. The van der Waals surface area contributed by atoms with E-state index in [9.17, 15) is 4.79 Å². The van der Waals surface area contributed by atoms with Gasteiger partial charge in [0.05, 0.1) is 0 Å². The molecule has 0 saturated carbocycles. The van der Waals surface area contributed by atoms with E-state index < -0.39 is 0 Å². The lowest BCUT2D eigenvalue weighted by Crippen LogP contribution is -2.14. The minimum absolute atomic E-state index is 0. The normalized spacial score (nSPS) is 10.9. The number of aromatic amines is 1. The smallest absolute Gasteiger partial charge is 0.248 e. The van der Waals surface area contributed by atoms with Crippen LogP contribution in [-0.4, -0.2) is 11.5 Å². The second-order valence-corrected chi connectivity index (χ2v) is 2.61. The number of pyridine rings is 1. The highest BCUT2D eigenvalue weighted by Crippen LogP contribution is 2.06. The number of halogens is 2. The summed E-state index contributed by atoms with van der Waals surface area (Å²) in [4.78, 5) is 13.5. The maximum atomic E-state index is 10.8. The van der Waals surface area contributed by atoms with E-state index in [1.807, 2.05) is 13.0 Å². The lowest BCUT2D eigenvalue weighted by molar-refractivity contribution is 0.741. The van der Waals surface area contributed by atoms with Gasteiger partial charge in [-0.1, -0.05) is 13.0 Å². The molecule has 0 amide bonds. The van der Waals surface area contributed by atoms with Gasteiger partial charge in [0, 0.05) is 24.2 Å². The van der Waals surface area contributed by atoms with Crippen LogP contribution in [0.5, 0.6) is 0 Å². The van der Waals surface area contributed by atoms with E-state index in [0.717, 1.165) is 5.69 Å². The van der Waals surface area contributed by atoms with Gasteiger partial charge < -0.3 is 10.7 Å². The molecule has 0 fully saturated rings. The fourth-order valence-electron chi connectivity index (χ4n) is 0.879. The molecule has 1 aromatic rings. The third-order valence-electron chi connectivity index (χ3n) is 1.68. The second-order valence-electron chi connectivity index (χ2n) is 2.61. The number of hydrogen-bond acceptors (Lipinski definition) is 2. The summed E-state index contributed by atoms with van der Waals surface area (Å²) < 4.78 is 0. The standard InChI is InChI=1S/C8H12N2O.2ClH/c1-6(5-9)7-3-2-4-8(11)10-7;;/h2-4,6H,5,9H2,1H3,(H,10,11);2*1H. The Kier molecular flexibility index (Phi) is 8.01. The summed E-state index contributed by atoms with van der Waals surface area (Å²) in [5.74, 6) is 0.226. The Morgan fingerprint density at radius 3 is 2.54 bits per heavy atom. The minimum Gasteiger partial charge on any atom is -0.330 e. The highest BCUT2D eigenvalue weighted by atomic mass is 35.5. The van der Waals surface area contributed by atoms with Gasteiger partial charge in [0.1, 0.15) is 0 Å². The van der Waals surface area contributed by atoms with E-state index in [2.05, 4.69) is 4.98 Å². The SMILES string of the molecule is CC(CN)c1cccc(=O)[nH]1.Cl.Cl. The van der Waals surface area contributed by atoms with Crippen molar-refractivity contribution in [2.75, 3.05) is 6.54 Å². The molecule has 0 saturated heterocycles. The minimum atomic E-state index is -0.0669. The Morgan fingerprint density at radius 1 is 1.46 bits per heavy atom. The van der Waals surface area contributed by atoms with Crippen LogP contribution in [0, 0.1) is 0 Å². The van der Waals surface area contributed by atoms with Gasteiger partial charge in [-0.25, -0.2) is 0 Å². The third kappa shape index (κ3) is 4.31. The number of H-pyrrole nitrogens is 1. The molecule has 0 aliphatic heterocycles. The first-order valence-corrected chi connectivity index (χ1v) is 3.63. The first-order chi connectivity index (χ1) is 5.24. The lowest BCUT2D eigenvalue weighted by Gasteiger charge is -2.06. The molecule has 0 aliphatic rings. The molecule has 0 bridgehead atoms. The molecule has 3 N–H and O–H groups in total. The predicted molar refractivity (Wildman–Crippen MR) is 59.0 cm³/mol. The molecule has 0 radical (unpaired) electrons. The van der Waals surface area contributed by atoms with Crippen LogP contribution in [-0.2, 0) is 0 Å². The number of nitrogens with one attached hydrogen (secondary N) is 1. The monoisotopic (exact) mass is 224 g/mol. The van der Waals surface area contributed by atoms with Crippen LogP contribution in [0.15, 0.2) is 23.0 Å². The van der Waals surface area contributed by atoms with Crippen LogP contribution >= 0.6 is 24.8 Å². The van der Waals surface area contributed by atoms with E-state index >= 15 is 0 Å². The fraction of sp³-hybridized carbons (Fsp3) is 0.375. The lowest BCUT2D eigenvalue weighted by atomic mass is 10.1. The highest BCUT2D eigenvalue weighted by Gasteiger charge is 2.01. The molecular formula is C8H14Cl2N2O. The quantitative estimate of drug-likeness (QED) is 0.796. The number of nitrogens with two attached hydrogens (primary N) is 1. The van der Waals surface area contributed by atoms with Gasteiger partial charge in [-0.3, -0.25) is 4.79 Å². The fourth-order valence-corrected chi connectivity index (χ4v) is 0.879. The molecule has 1 aromatic heterocycles. The van der Waals surface area contributed by atoms with Crippen molar-refractivity contribution in [3.8, 4) is 0 Å². The molecular weight excluding hydrogens is 211 g/mol. The summed E-state index contributed by atoms with van der Waals surface area (Å²) in [6.07, 6.45) is 0. The topological polar surface area (TPSA) is 58.9 Å². The summed E-state index contributed by atoms with van der Waals surface area (Å²) in [5.41, 5.74) is 6.27. The van der Waals surface area contributed by atoms with Crippen LogP contribution < -0.4 is 11.3 Å². The van der Waals surface area contributed by atoms with E-state index in [1.54, 1.807) is 6.07 Å². The van der Waals surface area contributed by atoms with Crippen molar-refractivity contribution < 1.29 is 0 Å². The van der Waals surface area contributed by atoms with Crippen molar-refractivity contribution in [2.24, 2.45) is 5.73 Å². The molecule has 1 rings (SSSR count). The van der Waals surface area contributed by atoms with Crippen molar-refractivity contribution in [2.45, 2.75) is 12.8 Å². The average molecular weight is 225 g/mol. The summed E-state index contributed by atoms with van der Waals surface area (Å²) >= 11 is 0. The molecule has 1 atom stereocenters. The van der Waals surface area contributed by atoms with Crippen molar-refractivity contribution in [3.05, 3.63) is 34.2 Å². The molecule has 13 heavy (non-hydrogen) atoms. The molecule has 76 valence electrons. The average Bonchev–Trinajstić information content (AvgIpc) is 2.03. The Labute approximate surface area is 89.6 Å². The molecule has 0 spiro atoms. The molecule has 1 heterocycles. The molecule has 3 nitrogen and oxygen atoms in total. The van der Waals surface area contributed by atoms with Crippen molar-refractivity contribution in [1.82, 2.24) is 4.98 Å². The molecule has 0 aromatic carbocycles. The van der Waals surface area contributed by atoms with E-state index in [4.69, 9.17) is 5.73 Å². The summed E-state index contributed by atoms with van der Waals surface area (Å²) in [6, 6.07) is 5.10. The molecule has 1 unspecified atom stereocenters. The maximum absolute atomic E-state index is 10.8. The Morgan fingerprint density at radius 2 is 2.08 bits per heavy atom. The highest BCUT2D eigenvalue weighted by molar-refractivity contribution is 5.85. The van der Waals surface area contributed by atoms with E-state index in [0.29, 0.717) is 6.54 Å². The Bertz CT molecular complexity index is 287. The largest absolute Gasteiger partial charge is 0.330 e. The zero-order chi connectivity index (χ0) is 8.27. The number of hydrogen-bond donors (Lipinski definition) is 2. The van der Waals surface area contributed by atoms with Crippen molar-refractivity contribution in [3.63, 3.8) is 0 Å². The third-order valence-corrected chi connectivity index (χ3v) is 1.68. The second kappa shape index (κ2) is 6.95. The van der Waals surface area contributed by atoms with Crippen LogP contribution in [0.3, 0.4) is 0 Å². The Balaban J connectivity index is 0. The molecule has 0 aliphatic carbocycles. The van der Waals surface area contributed by atoms with Crippen molar-refractivity contribution >= 4 is 24.8 Å². The number of rotatable bonds is 2. The first-order valence-electron chi connectivity index (χ1n) is 3.63. The van der Waals surface area contributed by atoms with Gasteiger partial charge in [0.25, 0.3) is 0 Å². The summed E-state index contributed by atoms with van der Waals surface area (Å²) in [5, 5.41) is 0.